The molecule has 0 fully saturated rings. The topological polar surface area (TPSA) is 76.0 Å². The van der Waals surface area contributed by atoms with Gasteiger partial charge < -0.3 is 19.7 Å². The highest BCUT2D eigenvalue weighted by Crippen LogP contribution is 2.48. The molecular weight excluding hydrogens is 296 g/mol. The predicted octanol–water partition coefficient (Wildman–Crippen LogP) is 3.50. The number of fused-ring (bicyclic) bond motifs is 1. The number of ether oxygens (including phenoxy) is 2. The van der Waals surface area contributed by atoms with Crippen LogP contribution < -0.4 is 9.47 Å². The molecule has 0 aromatic heterocycles. The van der Waals surface area contributed by atoms with E-state index in [1.165, 1.54) is 13.2 Å². The fraction of sp³-hybridized carbons (Fsp3) is 0.389. The van der Waals surface area contributed by atoms with Crippen molar-refractivity contribution in [2.45, 2.75) is 38.7 Å². The van der Waals surface area contributed by atoms with Crippen LogP contribution in [-0.4, -0.2) is 29.2 Å². The molecule has 23 heavy (non-hydrogen) atoms. The Labute approximate surface area is 134 Å². The van der Waals surface area contributed by atoms with Crippen LogP contribution in [-0.2, 0) is 0 Å². The maximum Gasteiger partial charge on any atom is 0.201 e. The second-order valence-corrected chi connectivity index (χ2v) is 5.86. The first-order chi connectivity index (χ1) is 11.0. The van der Waals surface area contributed by atoms with Gasteiger partial charge in [-0.3, -0.25) is 4.79 Å². The molecule has 1 aliphatic heterocycles. The monoisotopic (exact) mass is 316 g/mol. The Kier molecular flexibility index (Phi) is 4.03. The normalized spacial score (nSPS) is 20.8. The molecule has 0 bridgehead atoms. The number of hydrogen-bond donors (Lipinski definition) is 2. The van der Waals surface area contributed by atoms with Crippen LogP contribution in [0.25, 0.3) is 0 Å². The van der Waals surface area contributed by atoms with Gasteiger partial charge in [-0.1, -0.05) is 12.2 Å². The average Bonchev–Trinajstić information content (AvgIpc) is 2.74. The Morgan fingerprint density at radius 2 is 2.00 bits per heavy atom. The molecule has 1 aliphatic carbocycles. The number of carbonyl (C=O) groups excluding carboxylic acids is 1. The van der Waals surface area contributed by atoms with Crippen molar-refractivity contribution < 1.29 is 24.5 Å². The van der Waals surface area contributed by atoms with Crippen molar-refractivity contribution in [2.24, 2.45) is 0 Å². The maximum absolute atomic E-state index is 12.5. The molecule has 2 aliphatic rings. The summed E-state index contributed by atoms with van der Waals surface area (Å²) >= 11 is 0. The lowest BCUT2D eigenvalue weighted by atomic mass is 9.91. The molecule has 0 radical (unpaired) electrons. The zero-order chi connectivity index (χ0) is 16.6. The van der Waals surface area contributed by atoms with E-state index in [2.05, 4.69) is 12.2 Å². The predicted molar refractivity (Wildman–Crippen MR) is 85.4 cm³/mol. The quantitative estimate of drug-likeness (QED) is 0.817. The van der Waals surface area contributed by atoms with E-state index in [1.807, 2.05) is 6.92 Å². The molecule has 0 saturated carbocycles. The van der Waals surface area contributed by atoms with E-state index in [-0.39, 0.29) is 40.8 Å². The van der Waals surface area contributed by atoms with Gasteiger partial charge in [-0.15, -0.1) is 0 Å². The van der Waals surface area contributed by atoms with Gasteiger partial charge in [-0.25, -0.2) is 0 Å². The molecule has 1 aromatic rings. The number of phenols is 2. The SMILES string of the molecule is COc1cc(O)c2c(c1O)OC(C1=CCCCC=C1C)CC2=O. The second kappa shape index (κ2) is 5.99. The Hall–Kier alpha value is -2.43. The highest BCUT2D eigenvalue weighted by molar-refractivity contribution is 6.04. The van der Waals surface area contributed by atoms with Gasteiger partial charge in [0.25, 0.3) is 0 Å². The Morgan fingerprint density at radius 1 is 1.26 bits per heavy atom. The Morgan fingerprint density at radius 3 is 2.74 bits per heavy atom. The summed E-state index contributed by atoms with van der Waals surface area (Å²) in [7, 11) is 1.38. The molecule has 1 unspecified atom stereocenters. The van der Waals surface area contributed by atoms with Crippen molar-refractivity contribution >= 4 is 5.78 Å². The van der Waals surface area contributed by atoms with Gasteiger partial charge in [0.2, 0.25) is 5.75 Å². The lowest BCUT2D eigenvalue weighted by Gasteiger charge is -2.29. The Balaban J connectivity index is 2.05. The van der Waals surface area contributed by atoms with Gasteiger partial charge in [0, 0.05) is 6.07 Å². The first-order valence-electron chi connectivity index (χ1n) is 7.73. The molecule has 2 N–H and O–H groups in total. The van der Waals surface area contributed by atoms with E-state index in [0.29, 0.717) is 0 Å². The van der Waals surface area contributed by atoms with E-state index < -0.39 is 6.10 Å². The number of allylic oxidation sites excluding steroid dienone is 2. The van der Waals surface area contributed by atoms with Crippen LogP contribution in [0.3, 0.4) is 0 Å². The zero-order valence-corrected chi connectivity index (χ0v) is 13.3. The van der Waals surface area contributed by atoms with Crippen LogP contribution in [0, 0.1) is 0 Å². The molecule has 3 rings (SSSR count). The number of aromatic hydroxyl groups is 2. The highest BCUT2D eigenvalue weighted by atomic mass is 16.5. The van der Waals surface area contributed by atoms with Crippen LogP contribution in [0.2, 0.25) is 0 Å². The van der Waals surface area contributed by atoms with Crippen LogP contribution in [0.15, 0.2) is 29.4 Å². The molecule has 5 nitrogen and oxygen atoms in total. The van der Waals surface area contributed by atoms with Crippen LogP contribution in [0.5, 0.6) is 23.0 Å². The lowest BCUT2D eigenvalue weighted by molar-refractivity contribution is 0.0875. The van der Waals surface area contributed by atoms with E-state index in [0.717, 1.165) is 30.4 Å². The molecule has 0 spiro atoms. The van der Waals surface area contributed by atoms with Crippen molar-refractivity contribution in [2.75, 3.05) is 7.11 Å². The highest BCUT2D eigenvalue weighted by Gasteiger charge is 2.35. The number of methoxy groups -OCH3 is 1. The van der Waals surface area contributed by atoms with E-state index >= 15 is 0 Å². The molecule has 5 heteroatoms. The summed E-state index contributed by atoms with van der Waals surface area (Å²) in [6.45, 7) is 2.00. The average molecular weight is 316 g/mol. The second-order valence-electron chi connectivity index (χ2n) is 5.86. The number of Topliss-reactive ketones (excluding diaryl/α,β-unsaturated/α-hetero) is 1. The van der Waals surface area contributed by atoms with Crippen LogP contribution in [0.1, 0.15) is 43.0 Å². The molecule has 1 aromatic carbocycles. The maximum atomic E-state index is 12.5. The van der Waals surface area contributed by atoms with E-state index in [1.54, 1.807) is 0 Å². The van der Waals surface area contributed by atoms with Gasteiger partial charge in [0.15, 0.2) is 17.3 Å². The van der Waals surface area contributed by atoms with Gasteiger partial charge in [0.05, 0.1) is 13.5 Å². The fourth-order valence-corrected chi connectivity index (χ4v) is 3.14. The molecule has 122 valence electrons. The number of phenolic OH excluding ortho intramolecular Hbond substituents is 2. The summed E-state index contributed by atoms with van der Waals surface area (Å²) in [5, 5.41) is 20.3. The van der Waals surface area contributed by atoms with Gasteiger partial charge in [0.1, 0.15) is 17.4 Å². The standard InChI is InChI=1S/C18H20O5/c1-10-6-4-3-5-7-11(10)14-8-12(19)16-13(20)9-15(22-2)17(21)18(16)23-14/h6-7,9,14,20-21H,3-5,8H2,1-2H3. The molecular formula is C18H20O5. The number of ketones is 1. The summed E-state index contributed by atoms with van der Waals surface area (Å²) in [5.74, 6) is -0.656. The van der Waals surface area contributed by atoms with Gasteiger partial charge in [-0.2, -0.15) is 0 Å². The van der Waals surface area contributed by atoms with Crippen molar-refractivity contribution in [1.29, 1.82) is 0 Å². The largest absolute Gasteiger partial charge is 0.507 e. The third kappa shape index (κ3) is 2.67. The third-order valence-corrected chi connectivity index (χ3v) is 4.35. The number of benzene rings is 1. The van der Waals surface area contributed by atoms with Crippen molar-refractivity contribution in [3.63, 3.8) is 0 Å². The first-order valence-corrected chi connectivity index (χ1v) is 7.73. The molecule has 0 amide bonds. The summed E-state index contributed by atoms with van der Waals surface area (Å²) in [6, 6.07) is 1.23. The first kappa shape index (κ1) is 15.5. The summed E-state index contributed by atoms with van der Waals surface area (Å²) in [6.07, 6.45) is 6.93. The smallest absolute Gasteiger partial charge is 0.201 e. The minimum Gasteiger partial charge on any atom is -0.507 e. The number of rotatable bonds is 2. The Bertz CT molecular complexity index is 715. The van der Waals surface area contributed by atoms with Crippen molar-refractivity contribution in [3.05, 3.63) is 34.9 Å². The molecule has 0 saturated heterocycles. The van der Waals surface area contributed by atoms with E-state index in [4.69, 9.17) is 9.47 Å². The summed E-state index contributed by atoms with van der Waals surface area (Å²) < 4.78 is 10.9. The summed E-state index contributed by atoms with van der Waals surface area (Å²) in [4.78, 5) is 12.5. The van der Waals surface area contributed by atoms with Crippen LogP contribution in [0.4, 0.5) is 0 Å². The minimum absolute atomic E-state index is 0.000969. The van der Waals surface area contributed by atoms with E-state index in [9.17, 15) is 15.0 Å². The third-order valence-electron chi connectivity index (χ3n) is 4.35. The number of hydrogen-bond acceptors (Lipinski definition) is 5. The van der Waals surface area contributed by atoms with Gasteiger partial charge >= 0.3 is 0 Å². The zero-order valence-electron chi connectivity index (χ0n) is 13.3. The van der Waals surface area contributed by atoms with Crippen molar-refractivity contribution in [3.8, 4) is 23.0 Å². The minimum atomic E-state index is -0.457. The summed E-state index contributed by atoms with van der Waals surface area (Å²) in [5.41, 5.74) is 2.09. The van der Waals surface area contributed by atoms with Crippen molar-refractivity contribution in [1.82, 2.24) is 0 Å². The lowest BCUT2D eigenvalue weighted by Crippen LogP contribution is -2.29. The fourth-order valence-electron chi connectivity index (χ4n) is 3.14. The molecule has 1 heterocycles. The number of carbonyl (C=O) groups is 1. The van der Waals surface area contributed by atoms with Crippen LogP contribution >= 0.6 is 0 Å². The molecule has 1 atom stereocenters. The van der Waals surface area contributed by atoms with Gasteiger partial charge in [-0.05, 0) is 37.3 Å².